The third-order valence-electron chi connectivity index (χ3n) is 3.25. The van der Waals surface area contributed by atoms with Gasteiger partial charge in [0.05, 0.1) is 12.7 Å². The summed E-state index contributed by atoms with van der Waals surface area (Å²) in [4.78, 5) is 13.4. The molecule has 19 heavy (non-hydrogen) atoms. The molecule has 1 aromatic rings. The van der Waals surface area contributed by atoms with Crippen molar-refractivity contribution in [3.63, 3.8) is 0 Å². The van der Waals surface area contributed by atoms with Crippen LogP contribution in [0.4, 0.5) is 0 Å². The van der Waals surface area contributed by atoms with Crippen molar-refractivity contribution in [1.29, 1.82) is 0 Å². The number of ether oxygens (including phenoxy) is 2. The Hall–Kier alpha value is -1.26. The number of aldehydes is 1. The normalized spacial score (nSPS) is 15.5. The van der Waals surface area contributed by atoms with Gasteiger partial charge in [0.15, 0.2) is 17.8 Å². The van der Waals surface area contributed by atoms with Gasteiger partial charge in [0, 0.05) is 17.6 Å². The summed E-state index contributed by atoms with van der Waals surface area (Å²) in [5, 5.41) is 0.464. The van der Waals surface area contributed by atoms with Crippen molar-refractivity contribution in [2.45, 2.75) is 12.8 Å². The Morgan fingerprint density at radius 2 is 2.11 bits per heavy atom. The number of halogens is 1. The fraction of sp³-hybridized carbons (Fsp3) is 0.500. The first-order chi connectivity index (χ1) is 9.24. The number of carbonyl (C=O) groups is 1. The topological polar surface area (TPSA) is 38.8 Å². The predicted octanol–water partition coefficient (Wildman–Crippen LogP) is 2.64. The highest BCUT2D eigenvalue weighted by molar-refractivity contribution is 6.31. The van der Waals surface area contributed by atoms with Gasteiger partial charge in [0.25, 0.3) is 0 Å². The summed E-state index contributed by atoms with van der Waals surface area (Å²) in [6.07, 6.45) is 3.24. The first-order valence-electron chi connectivity index (χ1n) is 6.42. The second-order valence-corrected chi connectivity index (χ2v) is 4.98. The first kappa shape index (κ1) is 14.2. The zero-order valence-electron chi connectivity index (χ0n) is 11.0. The fourth-order valence-corrected chi connectivity index (χ4v) is 2.48. The third-order valence-corrected chi connectivity index (χ3v) is 3.47. The maximum atomic E-state index is 11.1. The first-order valence-corrected chi connectivity index (χ1v) is 6.80. The van der Waals surface area contributed by atoms with Crippen LogP contribution in [0.3, 0.4) is 0 Å². The zero-order valence-corrected chi connectivity index (χ0v) is 11.8. The maximum absolute atomic E-state index is 11.1. The van der Waals surface area contributed by atoms with E-state index in [4.69, 9.17) is 21.1 Å². The van der Waals surface area contributed by atoms with Crippen LogP contribution in [-0.4, -0.2) is 44.5 Å². The molecule has 0 bridgehead atoms. The van der Waals surface area contributed by atoms with Crippen LogP contribution >= 0.6 is 11.6 Å². The van der Waals surface area contributed by atoms with Gasteiger partial charge in [-0.3, -0.25) is 9.69 Å². The molecule has 5 heteroatoms. The molecule has 0 spiro atoms. The van der Waals surface area contributed by atoms with E-state index in [9.17, 15) is 4.79 Å². The Bertz CT molecular complexity index is 445. The maximum Gasteiger partial charge on any atom is 0.171 e. The highest BCUT2D eigenvalue weighted by Crippen LogP contribution is 2.33. The van der Waals surface area contributed by atoms with Gasteiger partial charge in [-0.2, -0.15) is 0 Å². The van der Waals surface area contributed by atoms with Crippen LogP contribution in [0.1, 0.15) is 23.2 Å². The van der Waals surface area contributed by atoms with E-state index in [-0.39, 0.29) is 0 Å². The fourth-order valence-electron chi connectivity index (χ4n) is 2.27. The van der Waals surface area contributed by atoms with E-state index >= 15 is 0 Å². The molecular weight excluding hydrogens is 266 g/mol. The highest BCUT2D eigenvalue weighted by atomic mass is 35.5. The second kappa shape index (κ2) is 6.78. The third kappa shape index (κ3) is 3.61. The molecule has 0 unspecified atom stereocenters. The molecule has 4 nitrogen and oxygen atoms in total. The average molecular weight is 284 g/mol. The molecule has 1 aromatic carbocycles. The second-order valence-electron chi connectivity index (χ2n) is 4.54. The lowest BCUT2D eigenvalue weighted by Gasteiger charge is -2.17. The number of benzene rings is 1. The molecule has 1 saturated heterocycles. The van der Waals surface area contributed by atoms with Crippen LogP contribution in [0, 0.1) is 0 Å². The van der Waals surface area contributed by atoms with Gasteiger partial charge >= 0.3 is 0 Å². The Balaban J connectivity index is 2.02. The van der Waals surface area contributed by atoms with Gasteiger partial charge in [-0.25, -0.2) is 0 Å². The number of rotatable bonds is 6. The molecule has 0 radical (unpaired) electrons. The summed E-state index contributed by atoms with van der Waals surface area (Å²) < 4.78 is 10.9. The van der Waals surface area contributed by atoms with Crippen LogP contribution in [0.25, 0.3) is 0 Å². The molecule has 0 aliphatic carbocycles. The lowest BCUT2D eigenvalue weighted by molar-refractivity contribution is 0.111. The quantitative estimate of drug-likeness (QED) is 0.753. The van der Waals surface area contributed by atoms with Gasteiger partial charge in [0.1, 0.15) is 6.61 Å². The number of carbonyl (C=O) groups excluding carboxylic acids is 1. The molecule has 104 valence electrons. The number of hydrogen-bond donors (Lipinski definition) is 0. The zero-order chi connectivity index (χ0) is 13.7. The van der Waals surface area contributed by atoms with E-state index in [1.807, 2.05) is 0 Å². The van der Waals surface area contributed by atoms with Gasteiger partial charge in [-0.15, -0.1) is 0 Å². The minimum Gasteiger partial charge on any atom is -0.493 e. The van der Waals surface area contributed by atoms with Crippen molar-refractivity contribution in [2.75, 3.05) is 33.4 Å². The lowest BCUT2D eigenvalue weighted by Crippen LogP contribution is -2.25. The summed E-state index contributed by atoms with van der Waals surface area (Å²) in [6, 6.07) is 3.24. The minimum atomic E-state index is 0.422. The van der Waals surface area contributed by atoms with Crippen LogP contribution < -0.4 is 9.47 Å². The van der Waals surface area contributed by atoms with Crippen LogP contribution in [-0.2, 0) is 0 Å². The van der Waals surface area contributed by atoms with Crippen LogP contribution in [0.2, 0.25) is 5.02 Å². The molecule has 1 aliphatic rings. The Morgan fingerprint density at radius 3 is 2.74 bits per heavy atom. The van der Waals surface area contributed by atoms with Crippen LogP contribution in [0.5, 0.6) is 11.5 Å². The molecule has 0 amide bonds. The van der Waals surface area contributed by atoms with Crippen LogP contribution in [0.15, 0.2) is 12.1 Å². The van der Waals surface area contributed by atoms with Crippen molar-refractivity contribution in [3.8, 4) is 11.5 Å². The van der Waals surface area contributed by atoms with E-state index < -0.39 is 0 Å². The number of hydrogen-bond acceptors (Lipinski definition) is 4. The molecule has 0 N–H and O–H groups in total. The van der Waals surface area contributed by atoms with Gasteiger partial charge in [-0.1, -0.05) is 11.6 Å². The van der Waals surface area contributed by atoms with Gasteiger partial charge < -0.3 is 9.47 Å². The largest absolute Gasteiger partial charge is 0.493 e. The van der Waals surface area contributed by atoms with E-state index in [1.165, 1.54) is 20.0 Å². The molecule has 0 aromatic heterocycles. The lowest BCUT2D eigenvalue weighted by atomic mass is 10.2. The summed E-state index contributed by atoms with van der Waals surface area (Å²) in [5.41, 5.74) is 0.422. The molecule has 0 saturated carbocycles. The van der Waals surface area contributed by atoms with E-state index in [1.54, 1.807) is 12.1 Å². The van der Waals surface area contributed by atoms with Crippen molar-refractivity contribution < 1.29 is 14.3 Å². The van der Waals surface area contributed by atoms with Crippen molar-refractivity contribution in [2.24, 2.45) is 0 Å². The molecular formula is C14H18ClNO3. The number of likely N-dealkylation sites (tertiary alicyclic amines) is 1. The van der Waals surface area contributed by atoms with Gasteiger partial charge in [-0.05, 0) is 32.0 Å². The highest BCUT2D eigenvalue weighted by Gasteiger charge is 2.14. The average Bonchev–Trinajstić information content (AvgIpc) is 2.92. The number of methoxy groups -OCH3 is 1. The standard InChI is InChI=1S/C14H18ClNO3/c1-18-13-9-12(15)8-11(10-17)14(13)19-7-6-16-4-2-3-5-16/h8-10H,2-7H2,1H3. The molecule has 1 fully saturated rings. The molecule has 1 aliphatic heterocycles. The summed E-state index contributed by atoms with van der Waals surface area (Å²) in [6.45, 7) is 3.66. The van der Waals surface area contributed by atoms with E-state index in [0.717, 1.165) is 25.9 Å². The Kier molecular flexibility index (Phi) is 5.05. The van der Waals surface area contributed by atoms with E-state index in [2.05, 4.69) is 4.90 Å². The van der Waals surface area contributed by atoms with Crippen molar-refractivity contribution >= 4 is 17.9 Å². The van der Waals surface area contributed by atoms with Crippen molar-refractivity contribution in [1.82, 2.24) is 4.90 Å². The molecule has 0 atom stereocenters. The van der Waals surface area contributed by atoms with E-state index in [0.29, 0.717) is 28.7 Å². The molecule has 1 heterocycles. The molecule has 2 rings (SSSR count). The summed E-state index contributed by atoms with van der Waals surface area (Å²) in [7, 11) is 1.54. The van der Waals surface area contributed by atoms with Gasteiger partial charge in [0.2, 0.25) is 0 Å². The monoisotopic (exact) mass is 283 g/mol. The summed E-state index contributed by atoms with van der Waals surface area (Å²) >= 11 is 5.91. The van der Waals surface area contributed by atoms with Crippen molar-refractivity contribution in [3.05, 3.63) is 22.7 Å². The smallest absolute Gasteiger partial charge is 0.171 e. The Labute approximate surface area is 118 Å². The Morgan fingerprint density at radius 1 is 1.37 bits per heavy atom. The summed E-state index contributed by atoms with van der Waals surface area (Å²) in [5.74, 6) is 0.970. The SMILES string of the molecule is COc1cc(Cl)cc(C=O)c1OCCN1CCCC1. The number of nitrogens with zero attached hydrogens (tertiary/aromatic N) is 1. The predicted molar refractivity (Wildman–Crippen MR) is 74.6 cm³/mol. The minimum absolute atomic E-state index is 0.422.